The lowest BCUT2D eigenvalue weighted by molar-refractivity contribution is -0.138. The topological polar surface area (TPSA) is 104 Å². The molecule has 1 aromatic carbocycles. The minimum Gasteiger partial charge on any atom is -0.508 e. The number of aromatic hydroxyl groups is 2. The van der Waals surface area contributed by atoms with Crippen LogP contribution in [0.5, 0.6) is 11.5 Å². The van der Waals surface area contributed by atoms with Gasteiger partial charge in [-0.25, -0.2) is 0 Å². The molecule has 0 unspecified atom stereocenters. The van der Waals surface area contributed by atoms with Gasteiger partial charge in [0.2, 0.25) is 0 Å². The molecule has 0 bridgehead atoms. The van der Waals surface area contributed by atoms with Crippen molar-refractivity contribution in [1.82, 2.24) is 0 Å². The van der Waals surface area contributed by atoms with E-state index in [1.807, 2.05) is 0 Å². The van der Waals surface area contributed by atoms with E-state index in [1.165, 1.54) is 12.1 Å². The highest BCUT2D eigenvalue weighted by molar-refractivity contribution is 5.75. The van der Waals surface area contributed by atoms with Crippen molar-refractivity contribution in [1.29, 1.82) is 0 Å². The molecule has 1 aromatic rings. The van der Waals surface area contributed by atoms with Crippen molar-refractivity contribution in [2.24, 2.45) is 5.73 Å². The van der Waals surface area contributed by atoms with E-state index >= 15 is 0 Å². The van der Waals surface area contributed by atoms with Gasteiger partial charge < -0.3 is 21.1 Å². The summed E-state index contributed by atoms with van der Waals surface area (Å²) in [4.78, 5) is 10.4. The number of aliphatic carboxylic acids is 1. The van der Waals surface area contributed by atoms with Gasteiger partial charge >= 0.3 is 5.97 Å². The fraction of sp³-hybridized carbons (Fsp3) is 0.125. The summed E-state index contributed by atoms with van der Waals surface area (Å²) in [7, 11) is 0. The number of phenols is 2. The van der Waals surface area contributed by atoms with Crippen molar-refractivity contribution < 1.29 is 20.1 Å². The van der Waals surface area contributed by atoms with Crippen molar-refractivity contribution in [2.75, 3.05) is 0 Å². The maximum Gasteiger partial charge on any atom is 0.325 e. The first kappa shape index (κ1) is 9.34. The molecule has 0 saturated heterocycles. The first-order chi connectivity index (χ1) is 6.00. The lowest BCUT2D eigenvalue weighted by atomic mass is 10.1. The maximum absolute atomic E-state index is 10.4. The Morgan fingerprint density at radius 1 is 1.23 bits per heavy atom. The molecule has 0 radical (unpaired) electrons. The van der Waals surface area contributed by atoms with Crippen LogP contribution in [0.2, 0.25) is 0 Å². The van der Waals surface area contributed by atoms with E-state index in [0.29, 0.717) is 0 Å². The van der Waals surface area contributed by atoms with Crippen LogP contribution in [-0.2, 0) is 4.79 Å². The Morgan fingerprint density at radius 3 is 2.08 bits per heavy atom. The molecule has 5 nitrogen and oxygen atoms in total. The first-order valence-electron chi connectivity index (χ1n) is 3.52. The van der Waals surface area contributed by atoms with Crippen LogP contribution in [0.1, 0.15) is 11.6 Å². The molecule has 0 spiro atoms. The van der Waals surface area contributed by atoms with Crippen molar-refractivity contribution in [3.05, 3.63) is 23.8 Å². The number of benzene rings is 1. The zero-order valence-corrected chi connectivity index (χ0v) is 6.64. The maximum atomic E-state index is 10.4. The molecule has 0 fully saturated rings. The van der Waals surface area contributed by atoms with Gasteiger partial charge in [-0.05, 0) is 17.7 Å². The Kier molecular flexibility index (Phi) is 2.39. The van der Waals surface area contributed by atoms with Gasteiger partial charge in [-0.15, -0.1) is 0 Å². The smallest absolute Gasteiger partial charge is 0.325 e. The SMILES string of the molecule is N[C@@H](C(=O)O)c1cc(O)cc(O)c1. The lowest BCUT2D eigenvalue weighted by Crippen LogP contribution is -2.20. The Labute approximate surface area is 74.0 Å². The van der Waals surface area contributed by atoms with Crippen molar-refractivity contribution in [3.8, 4) is 11.5 Å². The number of hydrogen-bond donors (Lipinski definition) is 4. The average Bonchev–Trinajstić information content (AvgIpc) is 2.01. The summed E-state index contributed by atoms with van der Waals surface area (Å²) in [6, 6.07) is 2.24. The molecule has 0 heterocycles. The van der Waals surface area contributed by atoms with Gasteiger partial charge in [-0.1, -0.05) is 0 Å². The van der Waals surface area contributed by atoms with E-state index in [2.05, 4.69) is 0 Å². The van der Waals surface area contributed by atoms with Crippen LogP contribution in [0.3, 0.4) is 0 Å². The first-order valence-corrected chi connectivity index (χ1v) is 3.52. The summed E-state index contributed by atoms with van der Waals surface area (Å²) < 4.78 is 0. The molecule has 1 atom stereocenters. The normalized spacial score (nSPS) is 12.4. The van der Waals surface area contributed by atoms with Crippen LogP contribution >= 0.6 is 0 Å². The van der Waals surface area contributed by atoms with Gasteiger partial charge in [0.25, 0.3) is 0 Å². The number of carbonyl (C=O) groups is 1. The van der Waals surface area contributed by atoms with Crippen LogP contribution in [0.15, 0.2) is 18.2 Å². The minimum absolute atomic E-state index is 0.157. The Hall–Kier alpha value is -1.75. The molecule has 0 aliphatic carbocycles. The predicted molar refractivity (Wildman–Crippen MR) is 44.3 cm³/mol. The third kappa shape index (κ3) is 2.09. The molecule has 70 valence electrons. The highest BCUT2D eigenvalue weighted by atomic mass is 16.4. The number of nitrogens with two attached hydrogens (primary N) is 1. The van der Waals surface area contributed by atoms with Gasteiger partial charge in [0.15, 0.2) is 0 Å². The number of rotatable bonds is 2. The van der Waals surface area contributed by atoms with Crippen molar-refractivity contribution in [3.63, 3.8) is 0 Å². The summed E-state index contributed by atoms with van der Waals surface area (Å²) in [6.07, 6.45) is 0. The quantitative estimate of drug-likeness (QED) is 0.523. The summed E-state index contributed by atoms with van der Waals surface area (Å²) in [5.41, 5.74) is 5.41. The Morgan fingerprint density at radius 2 is 1.69 bits per heavy atom. The third-order valence-electron chi connectivity index (χ3n) is 1.55. The zero-order valence-electron chi connectivity index (χ0n) is 6.64. The van der Waals surface area contributed by atoms with E-state index in [0.717, 1.165) is 6.07 Å². The number of carboxylic acid groups (broad SMARTS) is 1. The largest absolute Gasteiger partial charge is 0.508 e. The van der Waals surface area contributed by atoms with Crippen LogP contribution in [0.4, 0.5) is 0 Å². The second kappa shape index (κ2) is 3.32. The second-order valence-electron chi connectivity index (χ2n) is 2.60. The lowest BCUT2D eigenvalue weighted by Gasteiger charge is -2.07. The van der Waals surface area contributed by atoms with Crippen LogP contribution in [0.25, 0.3) is 0 Å². The number of phenolic OH excluding ortho intramolecular Hbond substituents is 2. The van der Waals surface area contributed by atoms with Gasteiger partial charge in [0.05, 0.1) is 0 Å². The van der Waals surface area contributed by atoms with Crippen LogP contribution in [-0.4, -0.2) is 21.3 Å². The fourth-order valence-corrected chi connectivity index (χ4v) is 0.940. The summed E-state index contributed by atoms with van der Waals surface area (Å²) in [5.74, 6) is -1.65. The van der Waals surface area contributed by atoms with Crippen LogP contribution in [0, 0.1) is 0 Å². The molecule has 13 heavy (non-hydrogen) atoms. The predicted octanol–water partition coefficient (Wildman–Crippen LogP) is 0.182. The van der Waals surface area contributed by atoms with Crippen molar-refractivity contribution in [2.45, 2.75) is 6.04 Å². The molecular weight excluding hydrogens is 174 g/mol. The zero-order chi connectivity index (χ0) is 10.0. The Bertz CT molecular complexity index is 317. The summed E-state index contributed by atoms with van der Waals surface area (Å²) >= 11 is 0. The molecule has 0 aromatic heterocycles. The Balaban J connectivity index is 3.07. The van der Waals surface area contributed by atoms with E-state index in [1.54, 1.807) is 0 Å². The second-order valence-corrected chi connectivity index (χ2v) is 2.60. The fourth-order valence-electron chi connectivity index (χ4n) is 0.940. The molecule has 0 saturated carbocycles. The highest BCUT2D eigenvalue weighted by Crippen LogP contribution is 2.23. The number of hydrogen-bond acceptors (Lipinski definition) is 4. The number of carboxylic acids is 1. The molecule has 5 N–H and O–H groups in total. The van der Waals surface area contributed by atoms with E-state index in [9.17, 15) is 4.79 Å². The summed E-state index contributed by atoms with van der Waals surface area (Å²) in [6.45, 7) is 0. The van der Waals surface area contributed by atoms with Crippen LogP contribution < -0.4 is 5.73 Å². The average molecular weight is 183 g/mol. The highest BCUT2D eigenvalue weighted by Gasteiger charge is 2.15. The third-order valence-corrected chi connectivity index (χ3v) is 1.55. The monoisotopic (exact) mass is 183 g/mol. The van der Waals surface area contributed by atoms with Gasteiger partial charge in [-0.2, -0.15) is 0 Å². The van der Waals surface area contributed by atoms with Gasteiger partial charge in [0, 0.05) is 6.07 Å². The molecule has 0 amide bonds. The summed E-state index contributed by atoms with van der Waals surface area (Å²) in [5, 5.41) is 26.6. The molecule has 0 aliphatic rings. The van der Waals surface area contributed by atoms with Gasteiger partial charge in [-0.3, -0.25) is 4.79 Å². The standard InChI is InChI=1S/C8H9NO4/c9-7(8(12)13)4-1-5(10)3-6(11)2-4/h1-3,7,10-11H,9H2,(H,12,13)/t7-/m1/s1. The minimum atomic E-state index is -1.24. The molecule has 1 rings (SSSR count). The van der Waals surface area contributed by atoms with Crippen molar-refractivity contribution >= 4 is 5.97 Å². The molecular formula is C8H9NO4. The van der Waals surface area contributed by atoms with E-state index in [-0.39, 0.29) is 17.1 Å². The van der Waals surface area contributed by atoms with E-state index in [4.69, 9.17) is 21.1 Å². The van der Waals surface area contributed by atoms with E-state index < -0.39 is 12.0 Å². The van der Waals surface area contributed by atoms with Gasteiger partial charge in [0.1, 0.15) is 17.5 Å². The molecule has 5 heteroatoms. The molecule has 0 aliphatic heterocycles.